The molecule has 0 aromatic heterocycles. The average Bonchev–Trinajstić information content (AvgIpc) is 3.24. The van der Waals surface area contributed by atoms with Crippen LogP contribution in [0.5, 0.6) is 0 Å². The Morgan fingerprint density at radius 2 is 0.458 bits per heavy atom. The van der Waals surface area contributed by atoms with Crippen LogP contribution in [0, 0.1) is 0 Å². The minimum Gasteiger partial charge on any atom is -0.480 e. The van der Waals surface area contributed by atoms with Crippen LogP contribution in [0.1, 0.15) is 342 Å². The molecule has 0 spiro atoms. The van der Waals surface area contributed by atoms with Gasteiger partial charge in [0.05, 0.1) is 0 Å². The smallest absolute Gasteiger partial charge is 0.319 e. The number of carbonyl (C=O) groups is 1. The van der Waals surface area contributed by atoms with Gasteiger partial charge >= 0.3 is 5.97 Å². The van der Waals surface area contributed by atoms with Gasteiger partial charge in [-0.25, -0.2) is 0 Å². The number of unbranched alkanes of at least 4 members (excludes halogenated alkanes) is 45. The van der Waals surface area contributed by atoms with Crippen molar-refractivity contribution in [3.63, 3.8) is 0 Å². The van der Waals surface area contributed by atoms with Gasteiger partial charge < -0.3 is 5.11 Å². The van der Waals surface area contributed by atoms with Crippen LogP contribution >= 0.6 is 11.8 Å². The maximum absolute atomic E-state index is 13.0. The topological polar surface area (TPSA) is 37.3 Å². The van der Waals surface area contributed by atoms with Gasteiger partial charge in [0.1, 0.15) is 4.75 Å². The summed E-state index contributed by atoms with van der Waals surface area (Å²) >= 11 is 1.84. The largest absolute Gasteiger partial charge is 0.480 e. The molecule has 0 rings (SSSR count). The molecule has 59 heavy (non-hydrogen) atoms. The standard InChI is InChI=1S/C56H112O2S/c1-4-7-10-13-16-19-22-25-28-31-34-37-40-43-46-49-52-56(55(57)58,53-50-47-44-41-38-35-32-29-26-23-20-17-14-11-8-5-2)59-54-51-48-45-42-39-36-33-30-27-24-21-18-15-12-9-6-3/h4-54H2,1-3H3,(H,57,58). The van der Waals surface area contributed by atoms with E-state index >= 15 is 0 Å². The molecule has 3 heteroatoms. The highest BCUT2D eigenvalue weighted by Crippen LogP contribution is 2.38. The molecule has 0 saturated carbocycles. The molecule has 0 aromatic carbocycles. The summed E-state index contributed by atoms with van der Waals surface area (Å²) in [6.07, 6.45) is 67.9. The van der Waals surface area contributed by atoms with Crippen LogP contribution in [0.2, 0.25) is 0 Å². The Hall–Kier alpha value is -0.180. The Labute approximate surface area is 378 Å². The van der Waals surface area contributed by atoms with E-state index in [0.29, 0.717) is 0 Å². The van der Waals surface area contributed by atoms with Gasteiger partial charge in [0.2, 0.25) is 0 Å². The molecule has 1 N–H and O–H groups in total. The summed E-state index contributed by atoms with van der Waals surface area (Å²) in [5.74, 6) is 0.517. The second-order valence-corrected chi connectivity index (χ2v) is 21.0. The first kappa shape index (κ1) is 58.8. The van der Waals surface area contributed by atoms with Gasteiger partial charge in [0.25, 0.3) is 0 Å². The second kappa shape index (κ2) is 50.5. The molecule has 0 aliphatic carbocycles. The predicted octanol–water partition coefficient (Wildman–Crippen LogP) is 21.1. The van der Waals surface area contributed by atoms with E-state index in [4.69, 9.17) is 0 Å². The maximum Gasteiger partial charge on any atom is 0.319 e. The van der Waals surface area contributed by atoms with Crippen molar-refractivity contribution >= 4 is 17.7 Å². The fourth-order valence-corrected chi connectivity index (χ4v) is 10.8. The molecule has 0 saturated heterocycles. The molecule has 0 fully saturated rings. The average molecular weight is 850 g/mol. The van der Waals surface area contributed by atoms with E-state index in [-0.39, 0.29) is 0 Å². The zero-order valence-corrected chi connectivity index (χ0v) is 42.1. The van der Waals surface area contributed by atoms with E-state index in [0.717, 1.165) is 31.4 Å². The van der Waals surface area contributed by atoms with Crippen molar-refractivity contribution in [2.45, 2.75) is 347 Å². The molecular weight excluding hydrogens is 737 g/mol. The molecule has 0 aliphatic rings. The SMILES string of the molecule is CCCCCCCCCCCCCCCCCCSC(CCCCCCCCCCCCCCCCCC)(CCCCCCCCCCCCCCCCCC)C(=O)O. The fraction of sp³-hybridized carbons (Fsp3) is 0.982. The lowest BCUT2D eigenvalue weighted by Gasteiger charge is -2.29. The van der Waals surface area contributed by atoms with E-state index in [9.17, 15) is 9.90 Å². The van der Waals surface area contributed by atoms with Gasteiger partial charge in [0, 0.05) is 0 Å². The number of hydrogen-bond acceptors (Lipinski definition) is 2. The van der Waals surface area contributed by atoms with E-state index in [1.54, 1.807) is 0 Å². The van der Waals surface area contributed by atoms with Crippen molar-refractivity contribution in [2.24, 2.45) is 0 Å². The van der Waals surface area contributed by atoms with E-state index in [1.807, 2.05) is 11.8 Å². The highest BCUT2D eigenvalue weighted by molar-refractivity contribution is 8.01. The lowest BCUT2D eigenvalue weighted by molar-refractivity contribution is -0.140. The van der Waals surface area contributed by atoms with Crippen LogP contribution in [0.15, 0.2) is 0 Å². The number of carboxylic acids is 1. The third-order valence-electron chi connectivity index (χ3n) is 13.6. The summed E-state index contributed by atoms with van der Waals surface area (Å²) in [5, 5.41) is 10.7. The minimum absolute atomic E-state index is 0.513. The molecule has 0 aromatic rings. The summed E-state index contributed by atoms with van der Waals surface area (Å²) in [6.45, 7) is 6.90. The van der Waals surface area contributed by atoms with Crippen LogP contribution in [-0.4, -0.2) is 21.6 Å². The molecule has 0 unspecified atom stereocenters. The number of carboxylic acid groups (broad SMARTS) is 1. The molecule has 0 aliphatic heterocycles. The Balaban J connectivity index is 4.32. The number of rotatable bonds is 53. The number of thioether (sulfide) groups is 1. The molecule has 0 heterocycles. The van der Waals surface area contributed by atoms with E-state index in [1.165, 1.54) is 295 Å². The second-order valence-electron chi connectivity index (χ2n) is 19.6. The predicted molar refractivity (Wildman–Crippen MR) is 271 cm³/mol. The van der Waals surface area contributed by atoms with Gasteiger partial charge in [-0.15, -0.1) is 11.8 Å². The van der Waals surface area contributed by atoms with Crippen molar-refractivity contribution in [3.8, 4) is 0 Å². The molecular formula is C56H112O2S. The Morgan fingerprint density at radius 3 is 0.644 bits per heavy atom. The van der Waals surface area contributed by atoms with Gasteiger partial charge in [-0.3, -0.25) is 4.79 Å². The highest BCUT2D eigenvalue weighted by atomic mass is 32.2. The maximum atomic E-state index is 13.0. The minimum atomic E-state index is -0.554. The molecule has 0 amide bonds. The summed E-state index contributed by atoms with van der Waals surface area (Å²) in [4.78, 5) is 13.0. The lowest BCUT2D eigenvalue weighted by atomic mass is 9.93. The van der Waals surface area contributed by atoms with Crippen LogP contribution < -0.4 is 0 Å². The highest BCUT2D eigenvalue weighted by Gasteiger charge is 2.37. The van der Waals surface area contributed by atoms with E-state index in [2.05, 4.69) is 20.8 Å². The molecule has 2 nitrogen and oxygen atoms in total. The first-order valence-electron chi connectivity index (χ1n) is 28.0. The van der Waals surface area contributed by atoms with Gasteiger partial charge in [-0.2, -0.15) is 0 Å². The van der Waals surface area contributed by atoms with Crippen LogP contribution in [0.3, 0.4) is 0 Å². The summed E-state index contributed by atoms with van der Waals surface area (Å²) < 4.78 is -0.554. The lowest BCUT2D eigenvalue weighted by Crippen LogP contribution is -2.35. The molecule has 354 valence electrons. The fourth-order valence-electron chi connectivity index (χ4n) is 9.38. The number of aliphatic carboxylic acids is 1. The van der Waals surface area contributed by atoms with Gasteiger partial charge in [0.15, 0.2) is 0 Å². The van der Waals surface area contributed by atoms with Crippen molar-refractivity contribution in [2.75, 3.05) is 5.75 Å². The van der Waals surface area contributed by atoms with Gasteiger partial charge in [-0.1, -0.05) is 323 Å². The first-order chi connectivity index (χ1) is 29.1. The summed E-state index contributed by atoms with van der Waals surface area (Å²) in [7, 11) is 0. The third-order valence-corrected chi connectivity index (χ3v) is 15.3. The zero-order chi connectivity index (χ0) is 42.8. The van der Waals surface area contributed by atoms with Crippen molar-refractivity contribution < 1.29 is 9.90 Å². The Morgan fingerprint density at radius 1 is 0.288 bits per heavy atom. The molecule has 0 radical (unpaired) electrons. The quantitative estimate of drug-likeness (QED) is 0.0620. The molecule has 0 bridgehead atoms. The Bertz CT molecular complexity index is 746. The van der Waals surface area contributed by atoms with Crippen LogP contribution in [0.4, 0.5) is 0 Å². The first-order valence-corrected chi connectivity index (χ1v) is 29.0. The summed E-state index contributed by atoms with van der Waals surface area (Å²) in [6, 6.07) is 0. The van der Waals surface area contributed by atoms with Crippen LogP contribution in [-0.2, 0) is 4.79 Å². The van der Waals surface area contributed by atoms with Crippen molar-refractivity contribution in [3.05, 3.63) is 0 Å². The van der Waals surface area contributed by atoms with Crippen molar-refractivity contribution in [1.29, 1.82) is 0 Å². The Kier molecular flexibility index (Phi) is 50.3. The van der Waals surface area contributed by atoms with E-state index < -0.39 is 10.7 Å². The van der Waals surface area contributed by atoms with Gasteiger partial charge in [-0.05, 0) is 25.0 Å². The number of hydrogen-bond donors (Lipinski definition) is 1. The van der Waals surface area contributed by atoms with Crippen molar-refractivity contribution in [1.82, 2.24) is 0 Å². The third kappa shape index (κ3) is 44.2. The van der Waals surface area contributed by atoms with Crippen LogP contribution in [0.25, 0.3) is 0 Å². The summed E-state index contributed by atoms with van der Waals surface area (Å²) in [5.41, 5.74) is 0. The normalized spacial score (nSPS) is 11.9. The monoisotopic (exact) mass is 849 g/mol. The molecule has 0 atom stereocenters. The zero-order valence-electron chi connectivity index (χ0n) is 41.3.